The van der Waals surface area contributed by atoms with Crippen LogP contribution >= 0.6 is 0 Å². The van der Waals surface area contributed by atoms with Gasteiger partial charge in [-0.3, -0.25) is 0 Å². The minimum Gasteiger partial charge on any atom is -0.497 e. The predicted octanol–water partition coefficient (Wildman–Crippen LogP) is 6.23. The first-order valence-corrected chi connectivity index (χ1v) is 11.0. The van der Waals surface area contributed by atoms with Crippen molar-refractivity contribution >= 4 is 11.0 Å². The zero-order chi connectivity index (χ0) is 21.6. The molecule has 0 amide bonds. The van der Waals surface area contributed by atoms with Crippen molar-refractivity contribution in [3.8, 4) is 11.5 Å². The van der Waals surface area contributed by atoms with Gasteiger partial charge in [0.1, 0.15) is 23.9 Å². The zero-order valence-electron chi connectivity index (χ0n) is 18.5. The van der Waals surface area contributed by atoms with Gasteiger partial charge in [-0.15, -0.1) is 0 Å². The molecule has 0 N–H and O–H groups in total. The number of nitrogens with zero attached hydrogens (tertiary/aromatic N) is 2. The number of methoxy groups -OCH3 is 1. The van der Waals surface area contributed by atoms with Gasteiger partial charge in [-0.1, -0.05) is 50.2 Å². The number of aromatic nitrogens is 2. The maximum atomic E-state index is 6.07. The largest absolute Gasteiger partial charge is 0.497 e. The lowest BCUT2D eigenvalue weighted by Crippen LogP contribution is -2.11. The molecule has 0 fully saturated rings. The maximum Gasteiger partial charge on any atom is 0.119 e. The molecule has 3 aromatic carbocycles. The summed E-state index contributed by atoms with van der Waals surface area (Å²) in [5.74, 6) is 3.40. The van der Waals surface area contributed by atoms with E-state index in [1.165, 1.54) is 11.1 Å². The SMILES string of the molecule is CCC(C)c1ccc(OCCn2c(Cc3ccc(OC)cc3)nc3ccccc32)cc1. The molecule has 4 heteroatoms. The summed E-state index contributed by atoms with van der Waals surface area (Å²) < 4.78 is 13.6. The topological polar surface area (TPSA) is 36.3 Å². The third kappa shape index (κ3) is 4.91. The van der Waals surface area contributed by atoms with Crippen molar-refractivity contribution in [3.05, 3.63) is 89.7 Å². The molecule has 4 nitrogen and oxygen atoms in total. The molecule has 1 unspecified atom stereocenters. The molecule has 0 aliphatic heterocycles. The van der Waals surface area contributed by atoms with E-state index in [4.69, 9.17) is 14.5 Å². The molecule has 0 radical (unpaired) electrons. The van der Waals surface area contributed by atoms with Gasteiger partial charge in [-0.25, -0.2) is 4.98 Å². The molecule has 31 heavy (non-hydrogen) atoms. The average Bonchev–Trinajstić information content (AvgIpc) is 3.16. The first-order valence-electron chi connectivity index (χ1n) is 11.0. The van der Waals surface area contributed by atoms with E-state index >= 15 is 0 Å². The van der Waals surface area contributed by atoms with E-state index in [-0.39, 0.29) is 0 Å². The van der Waals surface area contributed by atoms with Crippen LogP contribution in [0.2, 0.25) is 0 Å². The number of hydrogen-bond donors (Lipinski definition) is 0. The second-order valence-electron chi connectivity index (χ2n) is 7.92. The molecule has 160 valence electrons. The van der Waals surface area contributed by atoms with Gasteiger partial charge >= 0.3 is 0 Å². The van der Waals surface area contributed by atoms with Gasteiger partial charge in [0.05, 0.1) is 24.7 Å². The highest BCUT2D eigenvalue weighted by Gasteiger charge is 2.11. The van der Waals surface area contributed by atoms with Gasteiger partial charge < -0.3 is 14.0 Å². The highest BCUT2D eigenvalue weighted by Crippen LogP contribution is 2.23. The van der Waals surface area contributed by atoms with Crippen LogP contribution in [0, 0.1) is 0 Å². The van der Waals surface area contributed by atoms with E-state index in [9.17, 15) is 0 Å². The van der Waals surface area contributed by atoms with Gasteiger partial charge in [0.2, 0.25) is 0 Å². The van der Waals surface area contributed by atoms with Gasteiger partial charge in [0.15, 0.2) is 0 Å². The third-order valence-electron chi connectivity index (χ3n) is 5.90. The van der Waals surface area contributed by atoms with E-state index in [1.807, 2.05) is 18.2 Å². The second-order valence-corrected chi connectivity index (χ2v) is 7.92. The van der Waals surface area contributed by atoms with Crippen LogP contribution in [0.3, 0.4) is 0 Å². The Hall–Kier alpha value is -3.27. The van der Waals surface area contributed by atoms with Crippen molar-refractivity contribution in [3.63, 3.8) is 0 Å². The van der Waals surface area contributed by atoms with Gasteiger partial charge in [0, 0.05) is 6.42 Å². The smallest absolute Gasteiger partial charge is 0.119 e. The fourth-order valence-electron chi connectivity index (χ4n) is 3.82. The highest BCUT2D eigenvalue weighted by molar-refractivity contribution is 5.76. The van der Waals surface area contributed by atoms with Crippen molar-refractivity contribution < 1.29 is 9.47 Å². The standard InChI is InChI=1S/C27H30N2O2/c1-4-20(2)22-11-15-24(16-12-22)31-18-17-29-26-8-6-5-7-25(26)28-27(29)19-21-9-13-23(30-3)14-10-21/h5-16,20H,4,17-19H2,1-3H3. The van der Waals surface area contributed by atoms with Crippen LogP contribution in [0.15, 0.2) is 72.8 Å². The molecule has 1 aromatic heterocycles. The quantitative estimate of drug-likeness (QED) is 0.326. The van der Waals surface area contributed by atoms with Crippen molar-refractivity contribution in [1.29, 1.82) is 0 Å². The van der Waals surface area contributed by atoms with Crippen LogP contribution < -0.4 is 9.47 Å². The fourth-order valence-corrected chi connectivity index (χ4v) is 3.82. The first-order chi connectivity index (χ1) is 15.2. The average molecular weight is 415 g/mol. The number of ether oxygens (including phenoxy) is 2. The summed E-state index contributed by atoms with van der Waals surface area (Å²) in [7, 11) is 1.69. The Labute approximate surface area is 184 Å². The van der Waals surface area contributed by atoms with Crippen LogP contribution in [0.1, 0.15) is 43.1 Å². The zero-order valence-corrected chi connectivity index (χ0v) is 18.5. The Kier molecular flexibility index (Phi) is 6.56. The van der Waals surface area contributed by atoms with E-state index in [2.05, 4.69) is 73.0 Å². The van der Waals surface area contributed by atoms with Crippen LogP contribution in [0.5, 0.6) is 11.5 Å². The summed E-state index contributed by atoms with van der Waals surface area (Å²) >= 11 is 0. The lowest BCUT2D eigenvalue weighted by Gasteiger charge is -2.13. The normalized spacial score (nSPS) is 12.1. The molecule has 0 spiro atoms. The highest BCUT2D eigenvalue weighted by atomic mass is 16.5. The molecule has 0 bridgehead atoms. The minimum absolute atomic E-state index is 0.576. The lowest BCUT2D eigenvalue weighted by molar-refractivity contribution is 0.298. The minimum atomic E-state index is 0.576. The van der Waals surface area contributed by atoms with Gasteiger partial charge in [-0.05, 0) is 59.9 Å². The Morgan fingerprint density at radius 2 is 1.61 bits per heavy atom. The van der Waals surface area contributed by atoms with Crippen LogP contribution in [0.4, 0.5) is 0 Å². The summed E-state index contributed by atoms with van der Waals surface area (Å²) in [4.78, 5) is 4.89. The predicted molar refractivity (Wildman–Crippen MR) is 126 cm³/mol. The van der Waals surface area contributed by atoms with Crippen molar-refractivity contribution in [2.24, 2.45) is 0 Å². The fraction of sp³-hybridized carbons (Fsp3) is 0.296. The number of imidazole rings is 1. The van der Waals surface area contributed by atoms with Crippen molar-refractivity contribution in [2.45, 2.75) is 39.2 Å². The van der Waals surface area contributed by atoms with Crippen molar-refractivity contribution in [1.82, 2.24) is 9.55 Å². The lowest BCUT2D eigenvalue weighted by atomic mass is 9.99. The molecular formula is C27H30N2O2. The van der Waals surface area contributed by atoms with Crippen molar-refractivity contribution in [2.75, 3.05) is 13.7 Å². The Balaban J connectivity index is 1.49. The summed E-state index contributed by atoms with van der Waals surface area (Å²) in [5.41, 5.74) is 4.72. The number of hydrogen-bond acceptors (Lipinski definition) is 3. The molecule has 0 saturated heterocycles. The molecular weight excluding hydrogens is 384 g/mol. The summed E-state index contributed by atoms with van der Waals surface area (Å²) in [5, 5.41) is 0. The Bertz CT molecular complexity index is 1110. The van der Waals surface area contributed by atoms with E-state index in [1.54, 1.807) is 7.11 Å². The molecule has 0 aliphatic carbocycles. The third-order valence-corrected chi connectivity index (χ3v) is 5.90. The Morgan fingerprint density at radius 1 is 0.903 bits per heavy atom. The summed E-state index contributed by atoms with van der Waals surface area (Å²) in [6, 6.07) is 25.0. The summed E-state index contributed by atoms with van der Waals surface area (Å²) in [6.07, 6.45) is 1.91. The molecule has 1 heterocycles. The van der Waals surface area contributed by atoms with E-state index < -0.39 is 0 Å². The number of para-hydroxylation sites is 2. The van der Waals surface area contributed by atoms with E-state index in [0.717, 1.165) is 47.7 Å². The maximum absolute atomic E-state index is 6.07. The second kappa shape index (κ2) is 9.69. The summed E-state index contributed by atoms with van der Waals surface area (Å²) in [6.45, 7) is 5.82. The van der Waals surface area contributed by atoms with Crippen LogP contribution in [-0.4, -0.2) is 23.3 Å². The molecule has 4 aromatic rings. The van der Waals surface area contributed by atoms with Gasteiger partial charge in [0.25, 0.3) is 0 Å². The first kappa shape index (κ1) is 21.0. The number of rotatable bonds is 9. The van der Waals surface area contributed by atoms with Crippen LogP contribution in [0.25, 0.3) is 11.0 Å². The van der Waals surface area contributed by atoms with Crippen LogP contribution in [-0.2, 0) is 13.0 Å². The molecule has 0 saturated carbocycles. The molecule has 0 aliphatic rings. The Morgan fingerprint density at radius 3 is 2.32 bits per heavy atom. The molecule has 1 atom stereocenters. The number of fused-ring (bicyclic) bond motifs is 1. The monoisotopic (exact) mass is 414 g/mol. The van der Waals surface area contributed by atoms with E-state index in [0.29, 0.717) is 12.5 Å². The number of benzene rings is 3. The molecule has 4 rings (SSSR count). The van der Waals surface area contributed by atoms with Gasteiger partial charge in [-0.2, -0.15) is 0 Å².